The molecule has 19 heavy (non-hydrogen) atoms. The molecule has 0 amide bonds. The maximum Gasteiger partial charge on any atom is 0.179 e. The van der Waals surface area contributed by atoms with Crippen molar-refractivity contribution in [2.75, 3.05) is 5.75 Å². The van der Waals surface area contributed by atoms with Crippen molar-refractivity contribution in [3.63, 3.8) is 0 Å². The number of rotatable bonds is 1. The summed E-state index contributed by atoms with van der Waals surface area (Å²) in [7, 11) is -3.15. The minimum atomic E-state index is -3.15. The van der Waals surface area contributed by atoms with E-state index in [1.54, 1.807) is 12.1 Å². The highest BCUT2D eigenvalue weighted by molar-refractivity contribution is 7.91. The van der Waals surface area contributed by atoms with Gasteiger partial charge in [0.2, 0.25) is 0 Å². The van der Waals surface area contributed by atoms with Gasteiger partial charge in [-0.2, -0.15) is 0 Å². The Balaban J connectivity index is 1.98. The molecule has 3 nitrogen and oxygen atoms in total. The van der Waals surface area contributed by atoms with Crippen LogP contribution in [0.1, 0.15) is 43.6 Å². The van der Waals surface area contributed by atoms with E-state index in [4.69, 9.17) is 0 Å². The molecule has 1 aromatic carbocycles. The lowest BCUT2D eigenvalue weighted by molar-refractivity contribution is 0.0890. The number of sulfone groups is 1. The van der Waals surface area contributed by atoms with Crippen LogP contribution in [-0.4, -0.2) is 25.4 Å². The molecule has 0 saturated heterocycles. The lowest BCUT2D eigenvalue weighted by atomic mass is 9.81. The van der Waals surface area contributed by atoms with Crippen LogP contribution < -0.4 is 0 Å². The van der Waals surface area contributed by atoms with Crippen molar-refractivity contribution in [2.24, 2.45) is 5.92 Å². The molecule has 3 rings (SSSR count). The molecule has 4 heteroatoms. The first-order valence-corrected chi connectivity index (χ1v) is 8.74. The second kappa shape index (κ2) is 4.91. The fraction of sp³-hybridized carbons (Fsp3) is 0.600. The van der Waals surface area contributed by atoms with Gasteiger partial charge in [-0.05, 0) is 30.4 Å². The molecular weight excluding hydrogens is 260 g/mol. The summed E-state index contributed by atoms with van der Waals surface area (Å²) in [5, 5.41) is 10.3. The Morgan fingerprint density at radius 2 is 1.79 bits per heavy atom. The molecular formula is C15H20O3S. The largest absolute Gasteiger partial charge is 0.393 e. The molecule has 3 atom stereocenters. The molecule has 0 spiro atoms. The van der Waals surface area contributed by atoms with Crippen LogP contribution in [0.3, 0.4) is 0 Å². The van der Waals surface area contributed by atoms with E-state index in [-0.39, 0.29) is 23.7 Å². The molecule has 0 radical (unpaired) electrons. The van der Waals surface area contributed by atoms with E-state index in [0.29, 0.717) is 4.90 Å². The fourth-order valence-corrected chi connectivity index (χ4v) is 5.57. The predicted octanol–water partition coefficient (Wildman–Crippen LogP) is 2.50. The van der Waals surface area contributed by atoms with Crippen molar-refractivity contribution in [1.29, 1.82) is 0 Å². The van der Waals surface area contributed by atoms with Crippen molar-refractivity contribution >= 4 is 9.84 Å². The average Bonchev–Trinajstić information content (AvgIpc) is 2.53. The summed E-state index contributed by atoms with van der Waals surface area (Å²) < 4.78 is 24.4. The maximum absolute atomic E-state index is 12.2. The topological polar surface area (TPSA) is 54.4 Å². The zero-order valence-corrected chi connectivity index (χ0v) is 11.8. The van der Waals surface area contributed by atoms with Crippen LogP contribution in [0.15, 0.2) is 29.2 Å². The molecule has 1 fully saturated rings. The third kappa shape index (κ3) is 2.32. The number of fused-ring (bicyclic) bond motifs is 1. The molecule has 3 unspecified atom stereocenters. The highest BCUT2D eigenvalue weighted by Crippen LogP contribution is 2.43. The Morgan fingerprint density at radius 1 is 1.05 bits per heavy atom. The smallest absolute Gasteiger partial charge is 0.179 e. The van der Waals surface area contributed by atoms with E-state index < -0.39 is 9.84 Å². The summed E-state index contributed by atoms with van der Waals surface area (Å²) in [6.45, 7) is 0. The molecule has 1 aromatic rings. The lowest BCUT2D eigenvalue weighted by Gasteiger charge is -2.26. The maximum atomic E-state index is 12.2. The summed E-state index contributed by atoms with van der Waals surface area (Å²) in [5.74, 6) is 0.254. The van der Waals surface area contributed by atoms with Crippen LogP contribution in [0.2, 0.25) is 0 Å². The summed E-state index contributed by atoms with van der Waals surface area (Å²) in [4.78, 5) is 0.483. The minimum Gasteiger partial charge on any atom is -0.393 e. The number of hydrogen-bond donors (Lipinski definition) is 1. The van der Waals surface area contributed by atoms with Gasteiger partial charge in [-0.1, -0.05) is 37.5 Å². The van der Waals surface area contributed by atoms with Gasteiger partial charge in [0.1, 0.15) is 0 Å². The fourth-order valence-electron chi connectivity index (χ4n) is 3.63. The molecule has 1 aliphatic carbocycles. The molecule has 2 aliphatic rings. The van der Waals surface area contributed by atoms with Crippen molar-refractivity contribution in [2.45, 2.75) is 49.0 Å². The number of aliphatic hydroxyl groups is 1. The zero-order valence-electron chi connectivity index (χ0n) is 11.0. The van der Waals surface area contributed by atoms with Crippen molar-refractivity contribution in [3.05, 3.63) is 29.8 Å². The van der Waals surface area contributed by atoms with Gasteiger partial charge < -0.3 is 5.11 Å². The van der Waals surface area contributed by atoms with Crippen LogP contribution in [0, 0.1) is 5.92 Å². The van der Waals surface area contributed by atoms with Crippen LogP contribution in [0.4, 0.5) is 0 Å². The van der Waals surface area contributed by atoms with Crippen molar-refractivity contribution in [3.8, 4) is 0 Å². The third-order valence-corrected chi connectivity index (χ3v) is 6.44. The molecule has 104 valence electrons. The Hall–Kier alpha value is -0.870. The summed E-state index contributed by atoms with van der Waals surface area (Å²) >= 11 is 0. The molecule has 0 aromatic heterocycles. The second-order valence-electron chi connectivity index (χ2n) is 5.79. The van der Waals surface area contributed by atoms with Crippen LogP contribution >= 0.6 is 0 Å². The number of benzene rings is 1. The quantitative estimate of drug-likeness (QED) is 0.804. The first-order chi connectivity index (χ1) is 9.09. The van der Waals surface area contributed by atoms with E-state index in [2.05, 4.69) is 0 Å². The average molecular weight is 280 g/mol. The van der Waals surface area contributed by atoms with E-state index in [9.17, 15) is 13.5 Å². The molecule has 1 N–H and O–H groups in total. The van der Waals surface area contributed by atoms with Gasteiger partial charge >= 0.3 is 0 Å². The Kier molecular flexibility index (Phi) is 3.39. The van der Waals surface area contributed by atoms with Crippen LogP contribution in [0.5, 0.6) is 0 Å². The minimum absolute atomic E-state index is 0.0192. The van der Waals surface area contributed by atoms with Gasteiger partial charge in [-0.15, -0.1) is 0 Å². The Labute approximate surface area is 114 Å². The summed E-state index contributed by atoms with van der Waals surface area (Å²) in [6.07, 6.45) is 4.70. The Morgan fingerprint density at radius 3 is 2.63 bits per heavy atom. The second-order valence-corrected chi connectivity index (χ2v) is 7.80. The third-order valence-electron chi connectivity index (χ3n) is 4.60. The molecule has 1 heterocycles. The number of hydrogen-bond acceptors (Lipinski definition) is 3. The van der Waals surface area contributed by atoms with Gasteiger partial charge in [-0.25, -0.2) is 8.42 Å². The summed E-state index contributed by atoms with van der Waals surface area (Å²) in [6, 6.07) is 7.30. The molecule has 1 saturated carbocycles. The van der Waals surface area contributed by atoms with E-state index >= 15 is 0 Å². The van der Waals surface area contributed by atoms with Crippen LogP contribution in [-0.2, 0) is 9.84 Å². The van der Waals surface area contributed by atoms with E-state index in [0.717, 1.165) is 37.7 Å². The van der Waals surface area contributed by atoms with Gasteiger partial charge in [-0.3, -0.25) is 0 Å². The van der Waals surface area contributed by atoms with Gasteiger partial charge in [0.15, 0.2) is 9.84 Å². The van der Waals surface area contributed by atoms with Gasteiger partial charge in [0.05, 0.1) is 16.8 Å². The Bertz CT molecular complexity index is 565. The highest BCUT2D eigenvalue weighted by Gasteiger charge is 2.41. The first-order valence-electron chi connectivity index (χ1n) is 7.09. The first kappa shape index (κ1) is 13.1. The van der Waals surface area contributed by atoms with Gasteiger partial charge in [0.25, 0.3) is 0 Å². The normalized spacial score (nSPS) is 33.6. The monoisotopic (exact) mass is 280 g/mol. The summed E-state index contributed by atoms with van der Waals surface area (Å²) in [5.41, 5.74) is 0.924. The zero-order chi connectivity index (χ0) is 13.5. The molecule has 1 aliphatic heterocycles. The van der Waals surface area contributed by atoms with Crippen LogP contribution in [0.25, 0.3) is 0 Å². The lowest BCUT2D eigenvalue weighted by Crippen LogP contribution is -2.26. The van der Waals surface area contributed by atoms with Crippen molar-refractivity contribution in [1.82, 2.24) is 0 Å². The van der Waals surface area contributed by atoms with E-state index in [1.165, 1.54) is 0 Å². The highest BCUT2D eigenvalue weighted by atomic mass is 32.2. The van der Waals surface area contributed by atoms with Gasteiger partial charge in [0, 0.05) is 5.92 Å². The van der Waals surface area contributed by atoms with E-state index in [1.807, 2.05) is 12.1 Å². The standard InChI is InChI=1S/C15H20O3S/c16-14-8-3-1-2-6-11(14)13-10-19(17,18)15-9-5-4-7-12(13)15/h4-5,7,9,11,13-14,16H,1-3,6,8,10H2. The number of aliphatic hydroxyl groups excluding tert-OH is 1. The SMILES string of the molecule is O=S1(=O)CC(C2CCCCCC2O)c2ccccc21. The molecule has 0 bridgehead atoms. The predicted molar refractivity (Wildman–Crippen MR) is 73.8 cm³/mol. The van der Waals surface area contributed by atoms with Crippen molar-refractivity contribution < 1.29 is 13.5 Å².